The minimum Gasteiger partial charge on any atom is -0.381 e. The molecule has 0 bridgehead atoms. The molecule has 0 spiro atoms. The summed E-state index contributed by atoms with van der Waals surface area (Å²) in [5.74, 6) is -0.676. The molecule has 0 aliphatic carbocycles. The molecule has 2 aromatic carbocycles. The van der Waals surface area contributed by atoms with Gasteiger partial charge in [0.2, 0.25) is 5.43 Å². The topological polar surface area (TPSA) is 84.1 Å². The van der Waals surface area contributed by atoms with E-state index in [1.165, 1.54) is 6.07 Å². The molecule has 4 rings (SSSR count). The van der Waals surface area contributed by atoms with Crippen LogP contribution in [0.5, 0.6) is 0 Å². The summed E-state index contributed by atoms with van der Waals surface area (Å²) in [5.41, 5.74) is -1.29. The van der Waals surface area contributed by atoms with Gasteiger partial charge in [-0.1, -0.05) is 30.3 Å². The van der Waals surface area contributed by atoms with E-state index in [1.807, 2.05) is 0 Å². The van der Waals surface area contributed by atoms with Crippen LogP contribution in [0.25, 0.3) is 10.9 Å². The Labute approximate surface area is 175 Å². The molecule has 1 amide bonds. The van der Waals surface area contributed by atoms with Crippen LogP contribution >= 0.6 is 0 Å². The number of fused-ring (bicyclic) bond motifs is 1. The van der Waals surface area contributed by atoms with Gasteiger partial charge < -0.3 is 10.1 Å². The third-order valence-corrected chi connectivity index (χ3v) is 5.73. The first-order chi connectivity index (χ1) is 14.8. The van der Waals surface area contributed by atoms with E-state index >= 15 is 0 Å². The summed E-state index contributed by atoms with van der Waals surface area (Å²) in [5, 5.41) is 9.63. The second-order valence-corrected chi connectivity index (χ2v) is 7.60. The average Bonchev–Trinajstić information content (AvgIpc) is 2.78. The SMILES string of the molecule is O=C(NCC1(c2cccc(C(F)(F)F)c2)CCOCC1)c1n[nH]c2ccccc2c1=O. The van der Waals surface area contributed by atoms with Crippen LogP contribution in [0.4, 0.5) is 13.2 Å². The van der Waals surface area contributed by atoms with Crippen molar-refractivity contribution in [1.29, 1.82) is 0 Å². The number of carbonyl (C=O) groups excluding carboxylic acids is 1. The van der Waals surface area contributed by atoms with Crippen LogP contribution in [0.15, 0.2) is 53.3 Å². The minimum atomic E-state index is -4.46. The van der Waals surface area contributed by atoms with Gasteiger partial charge in [0.25, 0.3) is 5.91 Å². The van der Waals surface area contributed by atoms with Gasteiger partial charge in [-0.05, 0) is 36.6 Å². The number of amides is 1. The molecule has 6 nitrogen and oxygen atoms in total. The summed E-state index contributed by atoms with van der Waals surface area (Å²) in [7, 11) is 0. The lowest BCUT2D eigenvalue weighted by Gasteiger charge is -2.38. The van der Waals surface area contributed by atoms with E-state index in [-0.39, 0.29) is 12.2 Å². The third kappa shape index (κ3) is 4.18. The first-order valence-corrected chi connectivity index (χ1v) is 9.81. The van der Waals surface area contributed by atoms with Crippen molar-refractivity contribution in [1.82, 2.24) is 15.5 Å². The molecular weight excluding hydrogens is 411 g/mol. The third-order valence-electron chi connectivity index (χ3n) is 5.73. The lowest BCUT2D eigenvalue weighted by molar-refractivity contribution is -0.137. The molecule has 0 saturated carbocycles. The van der Waals surface area contributed by atoms with Crippen LogP contribution < -0.4 is 10.7 Å². The van der Waals surface area contributed by atoms with Crippen molar-refractivity contribution in [3.05, 3.63) is 75.6 Å². The summed E-state index contributed by atoms with van der Waals surface area (Å²) in [6.45, 7) is 0.784. The van der Waals surface area contributed by atoms with Crippen LogP contribution in [0.3, 0.4) is 0 Å². The number of carbonyl (C=O) groups is 1. The van der Waals surface area contributed by atoms with Crippen molar-refractivity contribution in [3.63, 3.8) is 0 Å². The van der Waals surface area contributed by atoms with Crippen molar-refractivity contribution in [2.24, 2.45) is 0 Å². The number of aromatic nitrogens is 2. The number of aromatic amines is 1. The lowest BCUT2D eigenvalue weighted by Crippen LogP contribution is -2.45. The first kappa shape index (κ1) is 21.0. The monoisotopic (exact) mass is 431 g/mol. The summed E-state index contributed by atoms with van der Waals surface area (Å²) in [6.07, 6.45) is -3.58. The molecule has 3 aromatic rings. The molecule has 31 heavy (non-hydrogen) atoms. The molecule has 2 heterocycles. The van der Waals surface area contributed by atoms with E-state index in [0.29, 0.717) is 42.5 Å². The zero-order valence-corrected chi connectivity index (χ0v) is 16.5. The fraction of sp³-hybridized carbons (Fsp3) is 0.318. The van der Waals surface area contributed by atoms with Crippen molar-refractivity contribution < 1.29 is 22.7 Å². The van der Waals surface area contributed by atoms with E-state index in [2.05, 4.69) is 15.5 Å². The van der Waals surface area contributed by atoms with Crippen molar-refractivity contribution in [2.75, 3.05) is 19.8 Å². The molecule has 2 N–H and O–H groups in total. The lowest BCUT2D eigenvalue weighted by atomic mass is 9.73. The van der Waals surface area contributed by atoms with Crippen LogP contribution in [-0.2, 0) is 16.3 Å². The Hall–Kier alpha value is -3.20. The smallest absolute Gasteiger partial charge is 0.381 e. The number of rotatable bonds is 4. The first-order valence-electron chi connectivity index (χ1n) is 9.81. The standard InChI is InChI=1S/C22H20F3N3O3/c23-22(24,25)15-5-3-4-14(12-15)21(8-10-31-11-9-21)13-26-20(30)18-19(29)16-6-1-2-7-17(16)27-28-18/h1-7,12H,8-11,13H2,(H,26,30)(H,27,29). The molecule has 1 aliphatic heterocycles. The number of alkyl halides is 3. The molecule has 1 aliphatic rings. The average molecular weight is 431 g/mol. The molecule has 162 valence electrons. The van der Waals surface area contributed by atoms with Crippen LogP contribution in [-0.4, -0.2) is 35.9 Å². The Balaban J connectivity index is 1.62. The van der Waals surface area contributed by atoms with E-state index in [1.54, 1.807) is 30.3 Å². The molecule has 9 heteroatoms. The molecular formula is C22H20F3N3O3. The maximum Gasteiger partial charge on any atom is 0.416 e. The van der Waals surface area contributed by atoms with E-state index in [4.69, 9.17) is 4.74 Å². The summed E-state index contributed by atoms with van der Waals surface area (Å²) in [6, 6.07) is 11.8. The summed E-state index contributed by atoms with van der Waals surface area (Å²) < 4.78 is 45.1. The molecule has 1 fully saturated rings. The van der Waals surface area contributed by atoms with E-state index in [0.717, 1.165) is 12.1 Å². The highest BCUT2D eigenvalue weighted by atomic mass is 19.4. The number of halogens is 3. The Bertz CT molecular complexity index is 1170. The van der Waals surface area contributed by atoms with E-state index in [9.17, 15) is 22.8 Å². The second-order valence-electron chi connectivity index (χ2n) is 7.60. The highest BCUT2D eigenvalue weighted by Gasteiger charge is 2.38. The van der Waals surface area contributed by atoms with Gasteiger partial charge in [0.05, 0.1) is 11.1 Å². The number of hydrogen-bond acceptors (Lipinski definition) is 4. The number of para-hydroxylation sites is 1. The van der Waals surface area contributed by atoms with E-state index < -0.39 is 28.5 Å². The Morgan fingerprint density at radius 1 is 1.13 bits per heavy atom. The van der Waals surface area contributed by atoms with Crippen LogP contribution in [0, 0.1) is 0 Å². The zero-order valence-electron chi connectivity index (χ0n) is 16.5. The predicted octanol–water partition coefficient (Wildman–Crippen LogP) is 3.42. The zero-order chi connectivity index (χ0) is 22.1. The number of hydrogen-bond donors (Lipinski definition) is 2. The van der Waals surface area contributed by atoms with Crippen molar-refractivity contribution >= 4 is 16.8 Å². The quantitative estimate of drug-likeness (QED) is 0.663. The van der Waals surface area contributed by atoms with Gasteiger partial charge in [-0.3, -0.25) is 14.7 Å². The van der Waals surface area contributed by atoms with Crippen molar-refractivity contribution in [2.45, 2.75) is 24.4 Å². The Morgan fingerprint density at radius 2 is 1.87 bits per heavy atom. The minimum absolute atomic E-state index is 0.0600. The maximum absolute atomic E-state index is 13.2. The second kappa shape index (κ2) is 8.14. The fourth-order valence-corrected chi connectivity index (χ4v) is 3.92. The summed E-state index contributed by atoms with van der Waals surface area (Å²) in [4.78, 5) is 25.4. The predicted molar refractivity (Wildman–Crippen MR) is 108 cm³/mol. The van der Waals surface area contributed by atoms with Crippen LogP contribution in [0.2, 0.25) is 0 Å². The van der Waals surface area contributed by atoms with Gasteiger partial charge in [0.1, 0.15) is 0 Å². The molecule has 0 radical (unpaired) electrons. The van der Waals surface area contributed by atoms with Gasteiger partial charge in [-0.2, -0.15) is 18.3 Å². The number of H-pyrrole nitrogens is 1. The molecule has 0 atom stereocenters. The van der Waals surface area contributed by atoms with Gasteiger partial charge in [-0.25, -0.2) is 0 Å². The Morgan fingerprint density at radius 3 is 2.61 bits per heavy atom. The molecule has 0 unspecified atom stereocenters. The number of ether oxygens (including phenoxy) is 1. The highest BCUT2D eigenvalue weighted by molar-refractivity contribution is 5.95. The van der Waals surface area contributed by atoms with Gasteiger partial charge in [0, 0.05) is 30.6 Å². The molecule has 1 saturated heterocycles. The normalized spacial score (nSPS) is 16.2. The van der Waals surface area contributed by atoms with Gasteiger partial charge in [0.15, 0.2) is 5.69 Å². The van der Waals surface area contributed by atoms with Crippen LogP contribution in [0.1, 0.15) is 34.5 Å². The van der Waals surface area contributed by atoms with Gasteiger partial charge in [-0.15, -0.1) is 0 Å². The highest BCUT2D eigenvalue weighted by Crippen LogP contribution is 2.37. The van der Waals surface area contributed by atoms with Gasteiger partial charge >= 0.3 is 6.18 Å². The van der Waals surface area contributed by atoms with Crippen molar-refractivity contribution in [3.8, 4) is 0 Å². The summed E-state index contributed by atoms with van der Waals surface area (Å²) >= 11 is 0. The Kier molecular flexibility index (Phi) is 5.53. The number of nitrogens with zero attached hydrogens (tertiary/aromatic N) is 1. The molecule has 1 aromatic heterocycles. The largest absolute Gasteiger partial charge is 0.416 e. The maximum atomic E-state index is 13.2. The number of benzene rings is 2. The number of nitrogens with one attached hydrogen (secondary N) is 2. The fourth-order valence-electron chi connectivity index (χ4n) is 3.92.